The molecule has 0 bridgehead atoms. The quantitative estimate of drug-likeness (QED) is 0.512. The molecule has 1 atom stereocenters. The zero-order valence-corrected chi connectivity index (χ0v) is 11.2. The molecule has 1 aromatic carbocycles. The van der Waals surface area contributed by atoms with E-state index in [2.05, 4.69) is 0 Å². The van der Waals surface area contributed by atoms with Crippen molar-refractivity contribution in [3.8, 4) is 0 Å². The molecule has 0 saturated carbocycles. The maximum Gasteiger partial charge on any atom is 0.292 e. The Morgan fingerprint density at radius 1 is 1.60 bits per heavy atom. The predicted molar refractivity (Wildman–Crippen MR) is 73.4 cm³/mol. The summed E-state index contributed by atoms with van der Waals surface area (Å²) in [7, 11) is 0. The Labute approximate surface area is 116 Å². The highest BCUT2D eigenvalue weighted by Crippen LogP contribution is 2.24. The lowest BCUT2D eigenvalue weighted by atomic mass is 10.1. The third-order valence-electron chi connectivity index (χ3n) is 3.43. The summed E-state index contributed by atoms with van der Waals surface area (Å²) in [5, 5.41) is 10.7. The Balaban J connectivity index is 2.24. The fourth-order valence-electron chi connectivity index (χ4n) is 2.28. The van der Waals surface area contributed by atoms with Crippen molar-refractivity contribution in [1.82, 2.24) is 4.90 Å². The van der Waals surface area contributed by atoms with Gasteiger partial charge in [0, 0.05) is 18.2 Å². The largest absolute Gasteiger partial charge is 0.393 e. The van der Waals surface area contributed by atoms with Gasteiger partial charge in [0.25, 0.3) is 11.6 Å². The van der Waals surface area contributed by atoms with Crippen molar-refractivity contribution in [2.45, 2.75) is 19.4 Å². The maximum atomic E-state index is 12.4. The number of benzene rings is 1. The van der Waals surface area contributed by atoms with Crippen LogP contribution in [0, 0.1) is 10.1 Å². The molecular weight excluding hydrogens is 262 g/mol. The molecule has 0 aromatic heterocycles. The standard InChI is InChI=1S/C13H17N3O4/c1-2-10-8-20-6-5-15(10)13(17)9-3-4-12(16(18)19)11(14)7-9/h3-4,7,10H,2,5-6,8,14H2,1H3. The Kier molecular flexibility index (Phi) is 4.19. The minimum absolute atomic E-state index is 0.00200. The van der Waals surface area contributed by atoms with Crippen LogP contribution in [0.1, 0.15) is 23.7 Å². The van der Waals surface area contributed by atoms with Crippen LogP contribution in [0.15, 0.2) is 18.2 Å². The molecule has 1 aromatic rings. The lowest BCUT2D eigenvalue weighted by Gasteiger charge is -2.35. The first-order chi connectivity index (χ1) is 9.54. The van der Waals surface area contributed by atoms with Gasteiger partial charge in [0.2, 0.25) is 0 Å². The second-order valence-corrected chi connectivity index (χ2v) is 4.67. The van der Waals surface area contributed by atoms with Crippen LogP contribution in [-0.4, -0.2) is 41.5 Å². The number of amides is 1. The van der Waals surface area contributed by atoms with Crippen molar-refractivity contribution < 1.29 is 14.5 Å². The number of morpholine rings is 1. The molecule has 2 N–H and O–H groups in total. The summed E-state index contributed by atoms with van der Waals surface area (Å²) in [6, 6.07) is 4.11. The first-order valence-electron chi connectivity index (χ1n) is 6.47. The van der Waals surface area contributed by atoms with Crippen molar-refractivity contribution in [2.24, 2.45) is 0 Å². The number of rotatable bonds is 3. The Morgan fingerprint density at radius 3 is 2.95 bits per heavy atom. The fraction of sp³-hybridized carbons (Fsp3) is 0.462. The van der Waals surface area contributed by atoms with Crippen LogP contribution < -0.4 is 5.73 Å². The molecule has 7 nitrogen and oxygen atoms in total. The highest BCUT2D eigenvalue weighted by molar-refractivity contribution is 5.96. The number of nitro benzene ring substituents is 1. The molecule has 0 spiro atoms. The predicted octanol–water partition coefficient (Wildman–Crippen LogP) is 1.43. The first kappa shape index (κ1) is 14.3. The van der Waals surface area contributed by atoms with Crippen molar-refractivity contribution >= 4 is 17.3 Å². The summed E-state index contributed by atoms with van der Waals surface area (Å²) < 4.78 is 5.36. The number of nitrogen functional groups attached to an aromatic ring is 1. The van der Waals surface area contributed by atoms with Crippen LogP contribution >= 0.6 is 0 Å². The summed E-state index contributed by atoms with van der Waals surface area (Å²) in [4.78, 5) is 24.3. The van der Waals surface area contributed by atoms with E-state index in [0.29, 0.717) is 25.3 Å². The van der Waals surface area contributed by atoms with Gasteiger partial charge in [0.1, 0.15) is 5.69 Å². The monoisotopic (exact) mass is 279 g/mol. The Morgan fingerprint density at radius 2 is 2.35 bits per heavy atom. The van der Waals surface area contributed by atoms with Crippen molar-refractivity contribution in [3.05, 3.63) is 33.9 Å². The minimum atomic E-state index is -0.562. The normalized spacial score (nSPS) is 18.9. The number of nitro groups is 1. The molecule has 1 aliphatic rings. The maximum absolute atomic E-state index is 12.4. The average molecular weight is 279 g/mol. The van der Waals surface area contributed by atoms with E-state index in [0.717, 1.165) is 6.42 Å². The number of nitrogens with zero attached hydrogens (tertiary/aromatic N) is 2. The van der Waals surface area contributed by atoms with E-state index in [-0.39, 0.29) is 23.3 Å². The molecule has 1 fully saturated rings. The van der Waals surface area contributed by atoms with Crippen molar-refractivity contribution in [3.63, 3.8) is 0 Å². The van der Waals surface area contributed by atoms with Crippen LogP contribution in [-0.2, 0) is 4.74 Å². The molecule has 1 unspecified atom stereocenters. The topological polar surface area (TPSA) is 98.7 Å². The third kappa shape index (κ3) is 2.72. The van der Waals surface area contributed by atoms with Gasteiger partial charge in [-0.15, -0.1) is 0 Å². The summed E-state index contributed by atoms with van der Waals surface area (Å²) in [5.74, 6) is -0.165. The van der Waals surface area contributed by atoms with Gasteiger partial charge in [-0.2, -0.15) is 0 Å². The molecule has 0 aliphatic carbocycles. The molecule has 7 heteroatoms. The molecule has 108 valence electrons. The lowest BCUT2D eigenvalue weighted by molar-refractivity contribution is -0.383. The summed E-state index contributed by atoms with van der Waals surface area (Å²) in [6.07, 6.45) is 0.800. The van der Waals surface area contributed by atoms with Gasteiger partial charge in [-0.05, 0) is 18.6 Å². The van der Waals surface area contributed by atoms with Crippen LogP contribution in [0.5, 0.6) is 0 Å². The van der Waals surface area contributed by atoms with Gasteiger partial charge in [-0.25, -0.2) is 0 Å². The second kappa shape index (κ2) is 5.87. The zero-order valence-electron chi connectivity index (χ0n) is 11.2. The van der Waals surface area contributed by atoms with Gasteiger partial charge >= 0.3 is 0 Å². The van der Waals surface area contributed by atoms with Crippen molar-refractivity contribution in [2.75, 3.05) is 25.5 Å². The van der Waals surface area contributed by atoms with Gasteiger partial charge in [0.05, 0.1) is 24.2 Å². The number of hydrogen-bond donors (Lipinski definition) is 1. The zero-order chi connectivity index (χ0) is 14.7. The first-order valence-corrected chi connectivity index (χ1v) is 6.47. The number of nitrogens with two attached hydrogens (primary N) is 1. The van der Waals surface area contributed by atoms with Gasteiger partial charge in [-0.1, -0.05) is 6.92 Å². The second-order valence-electron chi connectivity index (χ2n) is 4.67. The van der Waals surface area contributed by atoms with Gasteiger partial charge in [0.15, 0.2) is 0 Å². The van der Waals surface area contributed by atoms with Gasteiger partial charge < -0.3 is 15.4 Å². The number of carbonyl (C=O) groups is 1. The highest BCUT2D eigenvalue weighted by atomic mass is 16.6. The van der Waals surface area contributed by atoms with E-state index in [9.17, 15) is 14.9 Å². The molecule has 1 saturated heterocycles. The average Bonchev–Trinajstić information content (AvgIpc) is 2.45. The smallest absolute Gasteiger partial charge is 0.292 e. The summed E-state index contributed by atoms with van der Waals surface area (Å²) in [6.45, 7) is 3.54. The molecular formula is C13H17N3O4. The van der Waals surface area contributed by atoms with Crippen molar-refractivity contribution in [1.29, 1.82) is 0 Å². The van der Waals surface area contributed by atoms with Crippen LogP contribution in [0.2, 0.25) is 0 Å². The number of hydrogen-bond acceptors (Lipinski definition) is 5. The highest BCUT2D eigenvalue weighted by Gasteiger charge is 2.27. The van der Waals surface area contributed by atoms with E-state index in [1.54, 1.807) is 4.90 Å². The number of anilines is 1. The third-order valence-corrected chi connectivity index (χ3v) is 3.43. The van der Waals surface area contributed by atoms with Crippen LogP contribution in [0.25, 0.3) is 0 Å². The SMILES string of the molecule is CCC1COCCN1C(=O)c1ccc([N+](=O)[O-])c(N)c1. The van der Waals surface area contributed by atoms with Crippen LogP contribution in [0.3, 0.4) is 0 Å². The van der Waals surface area contributed by atoms with E-state index < -0.39 is 4.92 Å². The minimum Gasteiger partial charge on any atom is -0.393 e. The van der Waals surface area contributed by atoms with Crippen LogP contribution in [0.4, 0.5) is 11.4 Å². The lowest BCUT2D eigenvalue weighted by Crippen LogP contribution is -2.48. The molecule has 20 heavy (non-hydrogen) atoms. The Hall–Kier alpha value is -2.15. The van der Waals surface area contributed by atoms with E-state index >= 15 is 0 Å². The van der Waals surface area contributed by atoms with E-state index in [4.69, 9.17) is 10.5 Å². The Bertz CT molecular complexity index is 532. The molecule has 1 amide bonds. The van der Waals surface area contributed by atoms with E-state index in [1.807, 2.05) is 6.92 Å². The molecule has 1 aliphatic heterocycles. The molecule has 2 rings (SSSR count). The van der Waals surface area contributed by atoms with Gasteiger partial charge in [-0.3, -0.25) is 14.9 Å². The summed E-state index contributed by atoms with van der Waals surface area (Å²) >= 11 is 0. The summed E-state index contributed by atoms with van der Waals surface area (Å²) in [5.41, 5.74) is 5.81. The van der Waals surface area contributed by atoms with E-state index in [1.165, 1.54) is 18.2 Å². The number of ether oxygens (including phenoxy) is 1. The molecule has 0 radical (unpaired) electrons. The molecule has 1 heterocycles. The fourth-order valence-corrected chi connectivity index (χ4v) is 2.28. The number of carbonyl (C=O) groups excluding carboxylic acids is 1.